The van der Waals surface area contributed by atoms with Gasteiger partial charge < -0.3 is 14.8 Å². The molecule has 0 aliphatic carbocycles. The Kier molecular flexibility index (Phi) is 6.62. The molecular formula is C15H16F3NO4. The highest BCUT2D eigenvalue weighted by molar-refractivity contribution is 5.90. The molecule has 1 aromatic rings. The minimum Gasteiger partial charge on any atom is -0.463 e. The number of rotatable bonds is 6. The molecule has 0 aromatic heterocycles. The summed E-state index contributed by atoms with van der Waals surface area (Å²) in [6.45, 7) is 3.29. The van der Waals surface area contributed by atoms with Gasteiger partial charge in [0, 0.05) is 5.69 Å². The first-order valence-corrected chi connectivity index (χ1v) is 6.77. The van der Waals surface area contributed by atoms with Crippen LogP contribution in [0.25, 0.3) is 0 Å². The molecule has 0 atom stereocenters. The van der Waals surface area contributed by atoms with E-state index < -0.39 is 23.8 Å². The monoisotopic (exact) mass is 331 g/mol. The van der Waals surface area contributed by atoms with Gasteiger partial charge in [0.15, 0.2) is 0 Å². The molecule has 0 aliphatic rings. The molecule has 0 aliphatic heterocycles. The summed E-state index contributed by atoms with van der Waals surface area (Å²) in [6, 6.07) is 5.19. The number of benzene rings is 1. The van der Waals surface area contributed by atoms with Crippen LogP contribution in [0.5, 0.6) is 0 Å². The predicted molar refractivity (Wildman–Crippen MR) is 76.8 cm³/mol. The summed E-state index contributed by atoms with van der Waals surface area (Å²) in [6.07, 6.45) is -4.42. The molecule has 1 rings (SSSR count). The van der Waals surface area contributed by atoms with Crippen molar-refractivity contribution in [3.05, 3.63) is 41.6 Å². The lowest BCUT2D eigenvalue weighted by Gasteiger charge is -2.14. The van der Waals surface area contributed by atoms with Crippen molar-refractivity contribution in [2.45, 2.75) is 20.0 Å². The van der Waals surface area contributed by atoms with Crippen LogP contribution in [0.4, 0.5) is 18.9 Å². The standard InChI is InChI=1S/C15H16F3NO4/c1-3-22-13(20)9-12(15(16,17)18)19-11-7-5-10(6-8-11)14(21)23-4-2/h5-9,19H,3-4H2,1-2H3/b12-9+. The molecule has 0 spiro atoms. The number of allylic oxidation sites excluding steroid dienone is 1. The van der Waals surface area contributed by atoms with E-state index in [2.05, 4.69) is 10.1 Å². The average Bonchev–Trinajstić information content (AvgIpc) is 2.47. The summed E-state index contributed by atoms with van der Waals surface area (Å²) in [5, 5.41) is 2.09. The predicted octanol–water partition coefficient (Wildman–Crippen LogP) is 3.28. The number of esters is 2. The van der Waals surface area contributed by atoms with E-state index in [0.29, 0.717) is 6.08 Å². The Morgan fingerprint density at radius 1 is 1.09 bits per heavy atom. The van der Waals surface area contributed by atoms with Crippen LogP contribution in [0.2, 0.25) is 0 Å². The second kappa shape index (κ2) is 8.21. The molecule has 5 nitrogen and oxygen atoms in total. The zero-order valence-corrected chi connectivity index (χ0v) is 12.6. The maximum atomic E-state index is 12.9. The lowest BCUT2D eigenvalue weighted by atomic mass is 10.2. The van der Waals surface area contributed by atoms with Crippen molar-refractivity contribution >= 4 is 17.6 Å². The molecular weight excluding hydrogens is 315 g/mol. The number of hydrogen-bond donors (Lipinski definition) is 1. The van der Waals surface area contributed by atoms with Gasteiger partial charge in [0.25, 0.3) is 0 Å². The highest BCUT2D eigenvalue weighted by Gasteiger charge is 2.35. The van der Waals surface area contributed by atoms with Crippen molar-refractivity contribution in [1.82, 2.24) is 0 Å². The normalized spacial score (nSPS) is 11.8. The van der Waals surface area contributed by atoms with Crippen LogP contribution >= 0.6 is 0 Å². The summed E-state index contributed by atoms with van der Waals surface area (Å²) < 4.78 is 47.9. The number of halogens is 3. The molecule has 0 bridgehead atoms. The summed E-state index contributed by atoms with van der Waals surface area (Å²) >= 11 is 0. The number of hydrogen-bond acceptors (Lipinski definition) is 5. The zero-order chi connectivity index (χ0) is 17.5. The molecule has 23 heavy (non-hydrogen) atoms. The van der Waals surface area contributed by atoms with E-state index >= 15 is 0 Å². The number of nitrogens with one attached hydrogen (secondary N) is 1. The lowest BCUT2D eigenvalue weighted by Crippen LogP contribution is -2.21. The molecule has 1 aromatic carbocycles. The molecule has 0 saturated heterocycles. The van der Waals surface area contributed by atoms with Gasteiger partial charge in [0.05, 0.1) is 24.9 Å². The Bertz CT molecular complexity index is 579. The van der Waals surface area contributed by atoms with Crippen molar-refractivity contribution in [3.8, 4) is 0 Å². The van der Waals surface area contributed by atoms with Crippen LogP contribution in [0, 0.1) is 0 Å². The summed E-state index contributed by atoms with van der Waals surface area (Å²) in [5.41, 5.74) is -0.994. The van der Waals surface area contributed by atoms with Gasteiger partial charge in [-0.2, -0.15) is 13.2 Å². The van der Waals surface area contributed by atoms with E-state index in [-0.39, 0.29) is 24.5 Å². The van der Waals surface area contributed by atoms with Crippen molar-refractivity contribution in [2.75, 3.05) is 18.5 Å². The molecule has 0 heterocycles. The third-order valence-corrected chi connectivity index (χ3v) is 2.53. The molecule has 8 heteroatoms. The minimum atomic E-state index is -4.76. The molecule has 0 fully saturated rings. The van der Waals surface area contributed by atoms with Crippen LogP contribution in [-0.4, -0.2) is 31.3 Å². The second-order valence-electron chi connectivity index (χ2n) is 4.23. The third kappa shape index (κ3) is 6.01. The van der Waals surface area contributed by atoms with E-state index in [1.54, 1.807) is 6.92 Å². The van der Waals surface area contributed by atoms with Crippen molar-refractivity contribution in [2.24, 2.45) is 0 Å². The minimum absolute atomic E-state index is 0.0330. The molecule has 0 unspecified atom stereocenters. The van der Waals surface area contributed by atoms with Crippen LogP contribution in [0.3, 0.4) is 0 Å². The number of alkyl halides is 3. The topological polar surface area (TPSA) is 64.6 Å². The fourth-order valence-corrected chi connectivity index (χ4v) is 1.55. The van der Waals surface area contributed by atoms with Gasteiger partial charge in [0.1, 0.15) is 5.70 Å². The molecule has 126 valence electrons. The first kappa shape index (κ1) is 18.5. The van der Waals surface area contributed by atoms with Crippen molar-refractivity contribution in [1.29, 1.82) is 0 Å². The van der Waals surface area contributed by atoms with Gasteiger partial charge in [-0.15, -0.1) is 0 Å². The summed E-state index contributed by atoms with van der Waals surface area (Å²) in [4.78, 5) is 22.7. The van der Waals surface area contributed by atoms with Gasteiger partial charge in [-0.1, -0.05) is 0 Å². The van der Waals surface area contributed by atoms with E-state index in [4.69, 9.17) is 4.74 Å². The fourth-order valence-electron chi connectivity index (χ4n) is 1.55. The van der Waals surface area contributed by atoms with Crippen molar-refractivity contribution in [3.63, 3.8) is 0 Å². The van der Waals surface area contributed by atoms with Crippen LogP contribution in [0.15, 0.2) is 36.0 Å². The van der Waals surface area contributed by atoms with Gasteiger partial charge in [-0.25, -0.2) is 9.59 Å². The molecule has 0 radical (unpaired) electrons. The average molecular weight is 331 g/mol. The quantitative estimate of drug-likeness (QED) is 0.640. The Labute approximate surface area is 131 Å². The zero-order valence-electron chi connectivity index (χ0n) is 12.6. The second-order valence-corrected chi connectivity index (χ2v) is 4.23. The van der Waals surface area contributed by atoms with E-state index in [0.717, 1.165) is 0 Å². The Balaban J connectivity index is 2.92. The van der Waals surface area contributed by atoms with Crippen molar-refractivity contribution < 1.29 is 32.2 Å². The van der Waals surface area contributed by atoms with Crippen LogP contribution < -0.4 is 5.32 Å². The first-order valence-electron chi connectivity index (χ1n) is 6.77. The molecule has 1 N–H and O–H groups in total. The number of anilines is 1. The Morgan fingerprint density at radius 2 is 1.65 bits per heavy atom. The van der Waals surface area contributed by atoms with E-state index in [1.165, 1.54) is 31.2 Å². The van der Waals surface area contributed by atoms with Gasteiger partial charge >= 0.3 is 18.1 Å². The van der Waals surface area contributed by atoms with E-state index in [1.807, 2.05) is 0 Å². The first-order chi connectivity index (χ1) is 10.8. The molecule has 0 saturated carbocycles. The lowest BCUT2D eigenvalue weighted by molar-refractivity contribution is -0.138. The Hall–Kier alpha value is -2.51. The third-order valence-electron chi connectivity index (χ3n) is 2.53. The number of carbonyl (C=O) groups is 2. The van der Waals surface area contributed by atoms with E-state index in [9.17, 15) is 22.8 Å². The SMILES string of the molecule is CCOC(=O)/C=C(/Nc1ccc(C(=O)OCC)cc1)C(F)(F)F. The van der Waals surface area contributed by atoms with Gasteiger partial charge in [0.2, 0.25) is 0 Å². The summed E-state index contributed by atoms with van der Waals surface area (Å²) in [5.74, 6) is -1.67. The number of carbonyl (C=O) groups excluding carboxylic acids is 2. The van der Waals surface area contributed by atoms with Gasteiger partial charge in [-0.05, 0) is 38.1 Å². The highest BCUT2D eigenvalue weighted by atomic mass is 19.4. The highest BCUT2D eigenvalue weighted by Crippen LogP contribution is 2.27. The van der Waals surface area contributed by atoms with Crippen LogP contribution in [0.1, 0.15) is 24.2 Å². The van der Waals surface area contributed by atoms with Gasteiger partial charge in [-0.3, -0.25) is 0 Å². The summed E-state index contributed by atoms with van der Waals surface area (Å²) in [7, 11) is 0. The number of ether oxygens (including phenoxy) is 2. The Morgan fingerprint density at radius 3 is 2.13 bits per heavy atom. The fraction of sp³-hybridized carbons (Fsp3) is 0.333. The van der Waals surface area contributed by atoms with Crippen LogP contribution in [-0.2, 0) is 14.3 Å². The molecule has 0 amide bonds. The maximum absolute atomic E-state index is 12.9. The smallest absolute Gasteiger partial charge is 0.431 e. The largest absolute Gasteiger partial charge is 0.463 e. The maximum Gasteiger partial charge on any atom is 0.431 e.